The Morgan fingerprint density at radius 1 is 0.596 bits per heavy atom. The SMILES string of the molecule is Cc1cc(C)c(C2=C3C(c4ccccc4)=CC(c4ccc(Br)cc4)=[N+]3Bn3c(-c4ccc(Br)cc4)cc(-c4ccccc4)c32)c(C)c1. The molecule has 0 aliphatic carbocycles. The lowest BCUT2D eigenvalue weighted by Gasteiger charge is -2.25. The van der Waals surface area contributed by atoms with Crippen molar-refractivity contribution in [2.24, 2.45) is 0 Å². The molecule has 1 aromatic heterocycles. The summed E-state index contributed by atoms with van der Waals surface area (Å²) in [7, 11) is 0.689. The molecule has 0 radical (unpaired) electrons. The van der Waals surface area contributed by atoms with Crippen molar-refractivity contribution in [1.82, 2.24) is 4.48 Å². The van der Waals surface area contributed by atoms with Gasteiger partial charge in [0.25, 0.3) is 0 Å². The fourth-order valence-corrected chi connectivity index (χ4v) is 7.92. The molecule has 0 spiro atoms. The van der Waals surface area contributed by atoms with Gasteiger partial charge in [0.15, 0.2) is 5.71 Å². The highest BCUT2D eigenvalue weighted by atomic mass is 79.9. The number of hydrogen-bond acceptors (Lipinski definition) is 0. The Morgan fingerprint density at radius 2 is 1.15 bits per heavy atom. The van der Waals surface area contributed by atoms with Crippen molar-refractivity contribution in [3.05, 3.63) is 187 Å². The van der Waals surface area contributed by atoms with Gasteiger partial charge in [-0.25, -0.2) is 0 Å². The first-order valence-electron chi connectivity index (χ1n) is 15.9. The van der Waals surface area contributed by atoms with Crippen LogP contribution < -0.4 is 0 Å². The van der Waals surface area contributed by atoms with Gasteiger partial charge in [-0.3, -0.25) is 4.49 Å². The molecular formula is C42H32BBr2N2+. The van der Waals surface area contributed by atoms with Gasteiger partial charge in [-0.1, -0.05) is 122 Å². The number of rotatable bonds is 5. The molecule has 226 valence electrons. The zero-order valence-electron chi connectivity index (χ0n) is 26.6. The van der Waals surface area contributed by atoms with Gasteiger partial charge in [0, 0.05) is 31.8 Å². The molecule has 5 heteroatoms. The fourth-order valence-electron chi connectivity index (χ4n) is 7.39. The molecule has 0 amide bonds. The highest BCUT2D eigenvalue weighted by molar-refractivity contribution is 9.10. The summed E-state index contributed by atoms with van der Waals surface area (Å²) in [5.74, 6) is 0. The minimum absolute atomic E-state index is 0.689. The van der Waals surface area contributed by atoms with Crippen LogP contribution in [0.2, 0.25) is 0 Å². The molecule has 2 aliphatic heterocycles. The molecule has 0 unspecified atom stereocenters. The summed E-state index contributed by atoms with van der Waals surface area (Å²) in [4.78, 5) is 0. The van der Waals surface area contributed by atoms with Gasteiger partial charge in [0.1, 0.15) is 0 Å². The van der Waals surface area contributed by atoms with Crippen LogP contribution >= 0.6 is 31.9 Å². The fraction of sp³-hybridized carbons (Fsp3) is 0.0714. The minimum atomic E-state index is 0.689. The number of nitrogens with zero attached hydrogens (tertiary/aromatic N) is 2. The molecule has 0 saturated carbocycles. The van der Waals surface area contributed by atoms with Gasteiger partial charge in [-0.05, 0) is 96.6 Å². The van der Waals surface area contributed by atoms with Gasteiger partial charge in [-0.2, -0.15) is 0 Å². The van der Waals surface area contributed by atoms with E-state index in [4.69, 9.17) is 0 Å². The molecule has 6 aromatic rings. The Kier molecular flexibility index (Phi) is 7.62. The van der Waals surface area contributed by atoms with E-state index in [1.165, 1.54) is 84.0 Å². The van der Waals surface area contributed by atoms with Crippen LogP contribution in [0.3, 0.4) is 0 Å². The van der Waals surface area contributed by atoms with Crippen molar-refractivity contribution in [1.29, 1.82) is 0 Å². The lowest BCUT2D eigenvalue weighted by atomic mass is 9.82. The van der Waals surface area contributed by atoms with Crippen molar-refractivity contribution in [2.45, 2.75) is 20.8 Å². The van der Waals surface area contributed by atoms with Crippen molar-refractivity contribution in [2.75, 3.05) is 0 Å². The summed E-state index contributed by atoms with van der Waals surface area (Å²) in [6.07, 6.45) is 2.40. The second kappa shape index (κ2) is 12.0. The number of aromatic nitrogens is 1. The molecule has 8 rings (SSSR count). The Bertz CT molecular complexity index is 2250. The zero-order valence-corrected chi connectivity index (χ0v) is 29.7. The average molecular weight is 735 g/mol. The summed E-state index contributed by atoms with van der Waals surface area (Å²) in [6, 6.07) is 46.3. The summed E-state index contributed by atoms with van der Waals surface area (Å²) in [5.41, 5.74) is 18.7. The van der Waals surface area contributed by atoms with Gasteiger partial charge in [0.05, 0.1) is 16.8 Å². The standard InChI is InChI=1S/C42H32BBr2N2/c1-26-22-27(2)39(28(3)23-26)40-41-35(29-10-6-4-7-11-29)24-37(31-14-18-33(44)19-15-31)46(41)43-47-38(32-16-20-34(45)21-17-32)25-36(42(40)47)30-12-8-5-9-13-30/h4-25,43H,1-3H3/q+1. The Hall–Kier alpha value is -4.45. The molecule has 0 bridgehead atoms. The van der Waals surface area contributed by atoms with Crippen LogP contribution in [0.4, 0.5) is 0 Å². The van der Waals surface area contributed by atoms with Gasteiger partial charge in [0.2, 0.25) is 5.70 Å². The van der Waals surface area contributed by atoms with Crippen LogP contribution in [-0.4, -0.2) is 22.2 Å². The highest BCUT2D eigenvalue weighted by Crippen LogP contribution is 2.48. The van der Waals surface area contributed by atoms with Crippen LogP contribution in [0, 0.1) is 20.8 Å². The monoisotopic (exact) mass is 733 g/mol. The topological polar surface area (TPSA) is 7.94 Å². The van der Waals surface area contributed by atoms with Crippen LogP contribution in [0.25, 0.3) is 33.5 Å². The second-order valence-corrected chi connectivity index (χ2v) is 14.3. The maximum atomic E-state index is 3.67. The van der Waals surface area contributed by atoms with Crippen LogP contribution in [0.1, 0.15) is 39.1 Å². The Labute approximate surface area is 294 Å². The van der Waals surface area contributed by atoms with E-state index in [1.807, 2.05) is 0 Å². The van der Waals surface area contributed by atoms with Gasteiger partial charge >= 0.3 is 7.55 Å². The van der Waals surface area contributed by atoms with Gasteiger partial charge in [-0.15, -0.1) is 0 Å². The third-order valence-corrected chi connectivity index (χ3v) is 10.4. The second-order valence-electron chi connectivity index (χ2n) is 12.5. The minimum Gasteiger partial charge on any atom is -0.321 e. The molecule has 0 saturated heterocycles. The summed E-state index contributed by atoms with van der Waals surface area (Å²) < 4.78 is 7.24. The van der Waals surface area contributed by atoms with Crippen molar-refractivity contribution < 1.29 is 4.49 Å². The normalized spacial score (nSPS) is 13.8. The predicted molar refractivity (Wildman–Crippen MR) is 205 cm³/mol. The number of hydrogen-bond donors (Lipinski definition) is 0. The lowest BCUT2D eigenvalue weighted by Crippen LogP contribution is -2.33. The van der Waals surface area contributed by atoms with Crippen molar-refractivity contribution in [3.8, 4) is 22.4 Å². The average Bonchev–Trinajstić information content (AvgIpc) is 3.65. The van der Waals surface area contributed by atoms with Crippen molar-refractivity contribution >= 4 is 56.3 Å². The smallest absolute Gasteiger partial charge is 0.321 e. The molecule has 0 N–H and O–H groups in total. The number of benzene rings is 5. The predicted octanol–water partition coefficient (Wildman–Crippen LogP) is 10.8. The molecule has 2 nitrogen and oxygen atoms in total. The molecule has 0 atom stereocenters. The third kappa shape index (κ3) is 5.22. The summed E-state index contributed by atoms with van der Waals surface area (Å²) in [5, 5.41) is 0. The molecule has 47 heavy (non-hydrogen) atoms. The largest absolute Gasteiger partial charge is 0.605 e. The Balaban J connectivity index is 1.55. The van der Waals surface area contributed by atoms with E-state index in [0.717, 1.165) is 8.95 Å². The first-order chi connectivity index (χ1) is 22.9. The molecule has 5 aromatic carbocycles. The summed E-state index contributed by atoms with van der Waals surface area (Å²) >= 11 is 7.33. The number of aryl methyl sites for hydroxylation is 3. The quantitative estimate of drug-likeness (QED) is 0.156. The van der Waals surface area contributed by atoms with Gasteiger partial charge < -0.3 is 4.48 Å². The van der Waals surface area contributed by atoms with E-state index >= 15 is 0 Å². The first-order valence-corrected chi connectivity index (χ1v) is 17.5. The molecular weight excluding hydrogens is 703 g/mol. The van der Waals surface area contributed by atoms with E-state index in [0.29, 0.717) is 7.55 Å². The number of halogens is 2. The number of allylic oxidation sites excluding steroid dienone is 2. The highest BCUT2D eigenvalue weighted by Gasteiger charge is 2.44. The van der Waals surface area contributed by atoms with E-state index in [2.05, 4.69) is 195 Å². The Morgan fingerprint density at radius 3 is 1.74 bits per heavy atom. The maximum Gasteiger partial charge on any atom is 0.605 e. The van der Waals surface area contributed by atoms with E-state index in [1.54, 1.807) is 0 Å². The van der Waals surface area contributed by atoms with E-state index in [9.17, 15) is 0 Å². The lowest BCUT2D eigenvalue weighted by molar-refractivity contribution is -0.310. The zero-order chi connectivity index (χ0) is 32.2. The number of fused-ring (bicyclic) bond motifs is 2. The van der Waals surface area contributed by atoms with Crippen LogP contribution in [0.5, 0.6) is 0 Å². The first kappa shape index (κ1) is 29.9. The molecule has 3 heterocycles. The molecule has 2 aliphatic rings. The van der Waals surface area contributed by atoms with E-state index in [-0.39, 0.29) is 0 Å². The van der Waals surface area contributed by atoms with Crippen molar-refractivity contribution in [3.63, 3.8) is 0 Å². The third-order valence-electron chi connectivity index (χ3n) is 9.33. The van der Waals surface area contributed by atoms with Crippen LogP contribution in [-0.2, 0) is 0 Å². The maximum absolute atomic E-state index is 3.67. The van der Waals surface area contributed by atoms with Crippen LogP contribution in [0.15, 0.2) is 148 Å². The summed E-state index contributed by atoms with van der Waals surface area (Å²) in [6.45, 7) is 6.74. The molecule has 0 fully saturated rings. The van der Waals surface area contributed by atoms with E-state index < -0.39 is 0 Å².